The summed E-state index contributed by atoms with van der Waals surface area (Å²) >= 11 is 0. The van der Waals surface area contributed by atoms with Gasteiger partial charge in [-0.05, 0) is 55.0 Å². The van der Waals surface area contributed by atoms with Crippen LogP contribution in [0, 0.1) is 18.6 Å². The molecule has 5 nitrogen and oxygen atoms in total. The highest BCUT2D eigenvalue weighted by molar-refractivity contribution is 5.94. The van der Waals surface area contributed by atoms with Crippen molar-refractivity contribution in [2.75, 3.05) is 5.32 Å². The molecule has 0 aliphatic heterocycles. The van der Waals surface area contributed by atoms with Crippen LogP contribution in [-0.2, 0) is 6.54 Å². The second kappa shape index (κ2) is 8.70. The van der Waals surface area contributed by atoms with Crippen molar-refractivity contribution in [2.45, 2.75) is 13.5 Å². The van der Waals surface area contributed by atoms with Crippen molar-refractivity contribution in [1.82, 2.24) is 19.9 Å². The minimum absolute atomic E-state index is 0.180. The number of rotatable bonds is 5. The normalized spacial score (nSPS) is 11.0. The number of benzene rings is 2. The maximum Gasteiger partial charge on any atom is 0.166 e. The molecule has 2 aromatic carbocycles. The Labute approximate surface area is 189 Å². The molecule has 3 aromatic heterocycles. The van der Waals surface area contributed by atoms with Gasteiger partial charge in [0.1, 0.15) is 5.82 Å². The van der Waals surface area contributed by atoms with Crippen LogP contribution < -0.4 is 5.32 Å². The number of hydrogen-bond acceptors (Lipinski definition) is 5. The number of nitrogens with one attached hydrogen (secondary N) is 1. The first-order chi connectivity index (χ1) is 16.1. The molecule has 5 aromatic rings. The average Bonchev–Trinajstić information content (AvgIpc) is 2.84. The van der Waals surface area contributed by atoms with E-state index in [4.69, 9.17) is 4.98 Å². The number of aromatic nitrogens is 4. The summed E-state index contributed by atoms with van der Waals surface area (Å²) in [4.78, 5) is 18.1. The molecule has 0 radical (unpaired) electrons. The Morgan fingerprint density at radius 2 is 1.73 bits per heavy atom. The standard InChI is InChI=1S/C26H19F2N5/c1-16-5-2-7-19(31-16)15-30-26-21-13-17(20-8-3-9-22(27)24(20)28)10-11-23(21)32-25(33-26)18-6-4-12-29-14-18/h2-14H,15H2,1H3,(H,30,32,33). The molecule has 1 N–H and O–H groups in total. The second-order valence-corrected chi connectivity index (χ2v) is 7.59. The van der Waals surface area contributed by atoms with Crippen LogP contribution in [0.5, 0.6) is 0 Å². The van der Waals surface area contributed by atoms with Crippen molar-refractivity contribution >= 4 is 16.7 Å². The molecule has 33 heavy (non-hydrogen) atoms. The number of fused-ring (bicyclic) bond motifs is 1. The van der Waals surface area contributed by atoms with Gasteiger partial charge in [-0.3, -0.25) is 9.97 Å². The van der Waals surface area contributed by atoms with Crippen molar-refractivity contribution in [3.8, 4) is 22.5 Å². The first-order valence-corrected chi connectivity index (χ1v) is 10.4. The molecule has 0 aliphatic carbocycles. The molecule has 0 saturated carbocycles. The van der Waals surface area contributed by atoms with Crippen LogP contribution in [0.4, 0.5) is 14.6 Å². The fraction of sp³-hybridized carbons (Fsp3) is 0.0769. The zero-order valence-corrected chi connectivity index (χ0v) is 17.8. The lowest BCUT2D eigenvalue weighted by molar-refractivity contribution is 0.511. The Bertz CT molecular complexity index is 1450. The van der Waals surface area contributed by atoms with E-state index in [-0.39, 0.29) is 5.56 Å². The lowest BCUT2D eigenvalue weighted by atomic mass is 10.0. The summed E-state index contributed by atoms with van der Waals surface area (Å²) in [6.45, 7) is 2.38. The van der Waals surface area contributed by atoms with Crippen LogP contribution in [0.3, 0.4) is 0 Å². The number of hydrogen-bond donors (Lipinski definition) is 1. The molecule has 5 rings (SSSR count). The third kappa shape index (κ3) is 4.25. The Kier molecular flexibility index (Phi) is 5.44. The molecular formula is C26H19F2N5. The van der Waals surface area contributed by atoms with Crippen molar-refractivity contribution in [3.05, 3.63) is 102 Å². The van der Waals surface area contributed by atoms with Gasteiger partial charge in [-0.25, -0.2) is 18.7 Å². The highest BCUT2D eigenvalue weighted by atomic mass is 19.2. The first kappa shape index (κ1) is 20.6. The highest BCUT2D eigenvalue weighted by Crippen LogP contribution is 2.31. The molecule has 0 aliphatic rings. The topological polar surface area (TPSA) is 63.6 Å². The maximum absolute atomic E-state index is 14.4. The largest absolute Gasteiger partial charge is 0.364 e. The van der Waals surface area contributed by atoms with E-state index in [1.807, 2.05) is 37.3 Å². The zero-order valence-electron chi connectivity index (χ0n) is 17.8. The molecule has 0 saturated heterocycles. The molecule has 0 fully saturated rings. The molecule has 0 bridgehead atoms. The van der Waals surface area contributed by atoms with Gasteiger partial charge in [0, 0.05) is 34.6 Å². The van der Waals surface area contributed by atoms with Gasteiger partial charge in [-0.1, -0.05) is 24.3 Å². The Morgan fingerprint density at radius 3 is 2.55 bits per heavy atom. The van der Waals surface area contributed by atoms with Gasteiger partial charge in [-0.2, -0.15) is 0 Å². The van der Waals surface area contributed by atoms with E-state index in [1.54, 1.807) is 36.7 Å². The molecule has 162 valence electrons. The molecule has 3 heterocycles. The van der Waals surface area contributed by atoms with E-state index >= 15 is 0 Å². The van der Waals surface area contributed by atoms with Gasteiger partial charge in [-0.15, -0.1) is 0 Å². The Balaban J connectivity index is 1.63. The number of aryl methyl sites for hydroxylation is 1. The third-order valence-corrected chi connectivity index (χ3v) is 5.26. The molecule has 0 atom stereocenters. The van der Waals surface area contributed by atoms with Crippen LogP contribution in [0.15, 0.2) is 79.1 Å². The van der Waals surface area contributed by atoms with Crippen LogP contribution in [-0.4, -0.2) is 19.9 Å². The fourth-order valence-corrected chi connectivity index (χ4v) is 3.65. The van der Waals surface area contributed by atoms with E-state index in [2.05, 4.69) is 20.3 Å². The summed E-state index contributed by atoms with van der Waals surface area (Å²) in [5, 5.41) is 4.04. The van der Waals surface area contributed by atoms with Crippen molar-refractivity contribution in [2.24, 2.45) is 0 Å². The van der Waals surface area contributed by atoms with Crippen molar-refractivity contribution in [3.63, 3.8) is 0 Å². The molecule has 0 unspecified atom stereocenters. The summed E-state index contributed by atoms with van der Waals surface area (Å²) in [7, 11) is 0. The second-order valence-electron chi connectivity index (χ2n) is 7.59. The predicted octanol–water partition coefficient (Wildman–Crippen LogP) is 5.95. The number of anilines is 1. The molecule has 0 spiro atoms. The van der Waals surface area contributed by atoms with E-state index in [0.29, 0.717) is 34.7 Å². The number of nitrogens with zero attached hydrogens (tertiary/aromatic N) is 4. The van der Waals surface area contributed by atoms with Crippen molar-refractivity contribution in [1.29, 1.82) is 0 Å². The summed E-state index contributed by atoms with van der Waals surface area (Å²) in [5.41, 5.74) is 3.94. The average molecular weight is 439 g/mol. The van der Waals surface area contributed by atoms with Gasteiger partial charge in [0.25, 0.3) is 0 Å². The zero-order chi connectivity index (χ0) is 22.8. The van der Waals surface area contributed by atoms with E-state index < -0.39 is 11.6 Å². The quantitative estimate of drug-likeness (QED) is 0.366. The Morgan fingerprint density at radius 1 is 0.848 bits per heavy atom. The lowest BCUT2D eigenvalue weighted by Crippen LogP contribution is -2.06. The SMILES string of the molecule is Cc1cccc(CNc2nc(-c3cccnc3)nc3ccc(-c4cccc(F)c4F)cc23)n1. The highest BCUT2D eigenvalue weighted by Gasteiger charge is 2.14. The summed E-state index contributed by atoms with van der Waals surface area (Å²) in [5.74, 6) is -0.691. The van der Waals surface area contributed by atoms with Gasteiger partial charge in [0.05, 0.1) is 17.8 Å². The minimum atomic E-state index is -0.889. The van der Waals surface area contributed by atoms with Crippen LogP contribution in [0.25, 0.3) is 33.4 Å². The minimum Gasteiger partial charge on any atom is -0.364 e. The van der Waals surface area contributed by atoms with Gasteiger partial charge in [0.2, 0.25) is 0 Å². The Hall–Kier alpha value is -4.26. The maximum atomic E-state index is 14.4. The van der Waals surface area contributed by atoms with Crippen molar-refractivity contribution < 1.29 is 8.78 Å². The van der Waals surface area contributed by atoms with E-state index in [9.17, 15) is 8.78 Å². The summed E-state index contributed by atoms with van der Waals surface area (Å²) < 4.78 is 28.3. The van der Waals surface area contributed by atoms with Crippen LogP contribution in [0.1, 0.15) is 11.4 Å². The lowest BCUT2D eigenvalue weighted by Gasteiger charge is -2.13. The van der Waals surface area contributed by atoms with E-state index in [0.717, 1.165) is 23.0 Å². The molecule has 7 heteroatoms. The molecule has 0 amide bonds. The smallest absolute Gasteiger partial charge is 0.166 e. The van der Waals surface area contributed by atoms with Gasteiger partial charge in [0.15, 0.2) is 17.5 Å². The summed E-state index contributed by atoms with van der Waals surface area (Å²) in [6.07, 6.45) is 3.39. The monoisotopic (exact) mass is 439 g/mol. The van der Waals surface area contributed by atoms with Gasteiger partial charge >= 0.3 is 0 Å². The first-order valence-electron chi connectivity index (χ1n) is 10.4. The number of halogens is 2. The fourth-order valence-electron chi connectivity index (χ4n) is 3.65. The third-order valence-electron chi connectivity index (χ3n) is 5.26. The molecular weight excluding hydrogens is 420 g/mol. The number of pyridine rings is 2. The van der Waals surface area contributed by atoms with Gasteiger partial charge < -0.3 is 5.32 Å². The van der Waals surface area contributed by atoms with Crippen LogP contribution in [0.2, 0.25) is 0 Å². The van der Waals surface area contributed by atoms with Crippen LogP contribution >= 0.6 is 0 Å². The summed E-state index contributed by atoms with van der Waals surface area (Å²) in [6, 6.07) is 18.9. The van der Waals surface area contributed by atoms with E-state index in [1.165, 1.54) is 6.07 Å². The predicted molar refractivity (Wildman–Crippen MR) is 124 cm³/mol.